The Morgan fingerprint density at radius 3 is 1.15 bits per heavy atom. The van der Waals surface area contributed by atoms with E-state index in [1.807, 2.05) is 22.7 Å². The molecule has 11 aromatic rings. The molecule has 0 nitrogen and oxygen atoms in total. The minimum absolute atomic E-state index is 1.24. The molecule has 0 spiro atoms. The third kappa shape index (κ3) is 4.48. The van der Waals surface area contributed by atoms with Crippen LogP contribution in [0.4, 0.5) is 0 Å². The minimum atomic E-state index is 1.24. The van der Waals surface area contributed by atoms with Gasteiger partial charge < -0.3 is 0 Å². The van der Waals surface area contributed by atoms with Crippen molar-refractivity contribution in [3.63, 3.8) is 0 Å². The molecule has 0 N–H and O–H groups in total. The second-order valence-electron chi connectivity index (χ2n) is 14.4. The number of benzene rings is 9. The standard InChI is InChI=1S/C52H30S2/c1-5-17-46-36(9-1)27-48(53-46)31-19-23-34(24-20-31)51-38-13-3-4-14-39(38)52(35-25-21-32(22-26-35)49-28-37-10-2-6-18-47(37)54-49)45-30-43-41-16-8-12-33-11-7-15-40(50(33)41)42(43)29-44(45)51/h1-30H. The lowest BCUT2D eigenvalue weighted by Gasteiger charge is -2.19. The van der Waals surface area contributed by atoms with Crippen LogP contribution in [-0.2, 0) is 0 Å². The molecule has 2 aromatic heterocycles. The Bertz CT molecular complexity index is 3020. The molecule has 1 aliphatic rings. The molecule has 2 heteroatoms. The Hall–Kier alpha value is -6.32. The van der Waals surface area contributed by atoms with E-state index in [0.29, 0.717) is 0 Å². The quantitative estimate of drug-likeness (QED) is 0.159. The lowest BCUT2D eigenvalue weighted by molar-refractivity contribution is 1.64. The second kappa shape index (κ2) is 11.6. The van der Waals surface area contributed by atoms with Gasteiger partial charge in [0.25, 0.3) is 0 Å². The van der Waals surface area contributed by atoms with E-state index in [-0.39, 0.29) is 0 Å². The monoisotopic (exact) mass is 718 g/mol. The topological polar surface area (TPSA) is 0 Å². The lowest BCUT2D eigenvalue weighted by atomic mass is 9.83. The van der Waals surface area contributed by atoms with Gasteiger partial charge in [-0.25, -0.2) is 0 Å². The summed E-state index contributed by atoms with van der Waals surface area (Å²) in [5, 5.41) is 10.4. The summed E-state index contributed by atoms with van der Waals surface area (Å²) in [7, 11) is 0. The molecule has 0 unspecified atom stereocenters. The van der Waals surface area contributed by atoms with Crippen molar-refractivity contribution in [1.29, 1.82) is 0 Å². The molecule has 0 fully saturated rings. The summed E-state index contributed by atoms with van der Waals surface area (Å²) in [5.74, 6) is 0. The van der Waals surface area contributed by atoms with Crippen molar-refractivity contribution in [1.82, 2.24) is 0 Å². The number of hydrogen-bond acceptors (Lipinski definition) is 2. The maximum absolute atomic E-state index is 2.50. The van der Waals surface area contributed by atoms with Crippen LogP contribution < -0.4 is 0 Å². The second-order valence-corrected chi connectivity index (χ2v) is 16.6. The van der Waals surface area contributed by atoms with Gasteiger partial charge in [0.2, 0.25) is 0 Å². The van der Waals surface area contributed by atoms with Crippen LogP contribution in [0.5, 0.6) is 0 Å². The molecule has 9 aromatic carbocycles. The van der Waals surface area contributed by atoms with Crippen molar-refractivity contribution in [3.05, 3.63) is 182 Å². The summed E-state index contributed by atoms with van der Waals surface area (Å²) in [6.07, 6.45) is 0. The highest BCUT2D eigenvalue weighted by Crippen LogP contribution is 2.52. The SMILES string of the molecule is c1ccc2sc(-c3ccc(-c4c5ccccc5c(-c5ccc(-c6cc7ccccc7s6)cc5)c5cc6c(cc45)-c4cccc5cccc-6c45)cc3)cc2c1. The first kappa shape index (κ1) is 30.2. The van der Waals surface area contributed by atoms with Gasteiger partial charge in [0, 0.05) is 19.2 Å². The molecule has 0 aliphatic heterocycles. The molecule has 0 amide bonds. The Morgan fingerprint density at radius 2 is 0.685 bits per heavy atom. The van der Waals surface area contributed by atoms with Crippen molar-refractivity contribution < 1.29 is 0 Å². The van der Waals surface area contributed by atoms with Crippen molar-refractivity contribution in [2.24, 2.45) is 0 Å². The normalized spacial score (nSPS) is 12.1. The van der Waals surface area contributed by atoms with E-state index in [2.05, 4.69) is 182 Å². The fourth-order valence-electron chi connectivity index (χ4n) is 8.93. The number of thiophene rings is 2. The average molecular weight is 719 g/mol. The maximum Gasteiger partial charge on any atom is 0.0355 e. The Labute approximate surface area is 320 Å². The summed E-state index contributed by atoms with van der Waals surface area (Å²) in [6.45, 7) is 0. The zero-order chi connectivity index (χ0) is 35.3. The summed E-state index contributed by atoms with van der Waals surface area (Å²) < 4.78 is 2.65. The van der Waals surface area contributed by atoms with Gasteiger partial charge in [-0.15, -0.1) is 22.7 Å². The van der Waals surface area contributed by atoms with Crippen LogP contribution in [0.3, 0.4) is 0 Å². The van der Waals surface area contributed by atoms with Crippen LogP contribution in [-0.4, -0.2) is 0 Å². The third-order valence-electron chi connectivity index (χ3n) is 11.4. The first-order valence-electron chi connectivity index (χ1n) is 18.5. The van der Waals surface area contributed by atoms with E-state index in [0.717, 1.165) is 0 Å². The zero-order valence-electron chi connectivity index (χ0n) is 29.1. The maximum atomic E-state index is 2.50. The first-order valence-corrected chi connectivity index (χ1v) is 20.1. The summed E-state index contributed by atoms with van der Waals surface area (Å²) in [4.78, 5) is 2.60. The third-order valence-corrected chi connectivity index (χ3v) is 13.7. The van der Waals surface area contributed by atoms with Crippen molar-refractivity contribution in [2.45, 2.75) is 0 Å². The van der Waals surface area contributed by atoms with Crippen LogP contribution >= 0.6 is 22.7 Å². The molecule has 0 saturated carbocycles. The van der Waals surface area contributed by atoms with Gasteiger partial charge in [-0.1, -0.05) is 146 Å². The van der Waals surface area contributed by atoms with E-state index < -0.39 is 0 Å². The van der Waals surface area contributed by atoms with Gasteiger partial charge in [-0.2, -0.15) is 0 Å². The van der Waals surface area contributed by atoms with E-state index in [4.69, 9.17) is 0 Å². The predicted octanol–water partition coefficient (Wildman–Crippen LogP) is 15.9. The molecule has 54 heavy (non-hydrogen) atoms. The average Bonchev–Trinajstić information content (AvgIpc) is 3.95. The fraction of sp³-hybridized carbons (Fsp3) is 0. The molecular formula is C52H30S2. The van der Waals surface area contributed by atoms with E-state index in [1.54, 1.807) is 0 Å². The molecule has 0 bridgehead atoms. The van der Waals surface area contributed by atoms with Gasteiger partial charge in [0.05, 0.1) is 0 Å². The molecule has 1 aliphatic carbocycles. The number of hydrogen-bond donors (Lipinski definition) is 0. The molecule has 250 valence electrons. The summed E-state index contributed by atoms with van der Waals surface area (Å²) in [6, 6.07) is 68.1. The van der Waals surface area contributed by atoms with Gasteiger partial charge in [0.1, 0.15) is 0 Å². The summed E-state index contributed by atoms with van der Waals surface area (Å²) in [5.41, 5.74) is 12.9. The van der Waals surface area contributed by atoms with Gasteiger partial charge >= 0.3 is 0 Å². The molecular weight excluding hydrogens is 689 g/mol. The van der Waals surface area contributed by atoms with Crippen LogP contribution in [0.25, 0.3) is 118 Å². The van der Waals surface area contributed by atoms with Crippen molar-refractivity contribution in [2.75, 3.05) is 0 Å². The summed E-state index contributed by atoms with van der Waals surface area (Å²) >= 11 is 3.73. The zero-order valence-corrected chi connectivity index (χ0v) is 30.8. The lowest BCUT2D eigenvalue weighted by Crippen LogP contribution is -1.92. The van der Waals surface area contributed by atoms with Crippen LogP contribution in [0, 0.1) is 0 Å². The van der Waals surface area contributed by atoms with Crippen LogP contribution in [0.1, 0.15) is 0 Å². The molecule has 0 radical (unpaired) electrons. The highest BCUT2D eigenvalue weighted by Gasteiger charge is 2.25. The Balaban J connectivity index is 1.10. The van der Waals surface area contributed by atoms with Crippen molar-refractivity contribution >= 4 is 75.2 Å². The smallest absolute Gasteiger partial charge is 0.0355 e. The molecule has 2 heterocycles. The van der Waals surface area contributed by atoms with Gasteiger partial charge in [-0.3, -0.25) is 0 Å². The van der Waals surface area contributed by atoms with Gasteiger partial charge in [0.15, 0.2) is 0 Å². The highest BCUT2D eigenvalue weighted by molar-refractivity contribution is 7.22. The number of fused-ring (bicyclic) bond motifs is 7. The Kier molecular flexibility index (Phi) is 6.48. The van der Waals surface area contributed by atoms with E-state index >= 15 is 0 Å². The highest BCUT2D eigenvalue weighted by atomic mass is 32.1. The molecule has 12 rings (SSSR count). The Morgan fingerprint density at radius 1 is 0.278 bits per heavy atom. The van der Waals surface area contributed by atoms with Crippen molar-refractivity contribution in [3.8, 4) is 65.4 Å². The van der Waals surface area contributed by atoms with E-state index in [1.165, 1.54) is 118 Å². The van der Waals surface area contributed by atoms with E-state index in [9.17, 15) is 0 Å². The molecule has 0 atom stereocenters. The first-order chi connectivity index (χ1) is 26.7. The fourth-order valence-corrected chi connectivity index (χ4v) is 11.1. The minimum Gasteiger partial charge on any atom is -0.135 e. The largest absolute Gasteiger partial charge is 0.135 e. The van der Waals surface area contributed by atoms with Crippen LogP contribution in [0.15, 0.2) is 182 Å². The predicted molar refractivity (Wildman–Crippen MR) is 236 cm³/mol. The number of rotatable bonds is 4. The molecule has 0 saturated heterocycles. The van der Waals surface area contributed by atoms with Gasteiger partial charge in [-0.05, 0) is 135 Å². The van der Waals surface area contributed by atoms with Crippen LogP contribution in [0.2, 0.25) is 0 Å².